The van der Waals surface area contributed by atoms with Crippen LogP contribution in [-0.4, -0.2) is 22.7 Å². The van der Waals surface area contributed by atoms with Crippen LogP contribution in [0.15, 0.2) is 18.3 Å². The maximum atomic E-state index is 8.99. The zero-order chi connectivity index (χ0) is 11.3. The number of nitrogens with zero attached hydrogens (tertiary/aromatic N) is 1. The van der Waals surface area contributed by atoms with E-state index in [1.165, 1.54) is 0 Å². The smallest absolute Gasteiger partial charge is 0.129 e. The highest BCUT2D eigenvalue weighted by molar-refractivity contribution is 6.29. The molecule has 0 saturated carbocycles. The van der Waals surface area contributed by atoms with Gasteiger partial charge in [-0.3, -0.25) is 0 Å². The Balaban J connectivity index is 2.78. The van der Waals surface area contributed by atoms with Crippen molar-refractivity contribution >= 4 is 11.6 Å². The van der Waals surface area contributed by atoms with Gasteiger partial charge in [-0.2, -0.15) is 0 Å². The lowest BCUT2D eigenvalue weighted by molar-refractivity contribution is 0.261. The highest BCUT2D eigenvalue weighted by atomic mass is 35.5. The van der Waals surface area contributed by atoms with E-state index < -0.39 is 0 Å². The maximum Gasteiger partial charge on any atom is 0.129 e. The van der Waals surface area contributed by atoms with Crippen molar-refractivity contribution in [3.05, 3.63) is 29.0 Å². The molecule has 0 fully saturated rings. The fourth-order valence-corrected chi connectivity index (χ4v) is 1.69. The van der Waals surface area contributed by atoms with Crippen LogP contribution < -0.4 is 5.32 Å². The van der Waals surface area contributed by atoms with E-state index in [2.05, 4.69) is 24.1 Å². The molecule has 2 N–H and O–H groups in total. The molecule has 0 spiro atoms. The van der Waals surface area contributed by atoms with Crippen LogP contribution in [0.25, 0.3) is 0 Å². The van der Waals surface area contributed by atoms with Crippen molar-refractivity contribution in [3.8, 4) is 0 Å². The molecule has 0 radical (unpaired) electrons. The van der Waals surface area contributed by atoms with Crippen LogP contribution in [0.5, 0.6) is 0 Å². The predicted octanol–water partition coefficient (Wildman–Crippen LogP) is 2.16. The third-order valence-corrected chi connectivity index (χ3v) is 2.31. The van der Waals surface area contributed by atoms with Gasteiger partial charge < -0.3 is 10.4 Å². The number of pyridine rings is 1. The maximum absolute atomic E-state index is 8.99. The Morgan fingerprint density at radius 3 is 2.80 bits per heavy atom. The van der Waals surface area contributed by atoms with Crippen molar-refractivity contribution in [2.45, 2.75) is 32.4 Å². The van der Waals surface area contributed by atoms with Crippen molar-refractivity contribution in [2.75, 3.05) is 6.61 Å². The average Bonchev–Trinajstić information content (AvgIpc) is 2.16. The monoisotopic (exact) mass is 228 g/mol. The van der Waals surface area contributed by atoms with Gasteiger partial charge in [0.05, 0.1) is 0 Å². The van der Waals surface area contributed by atoms with E-state index in [-0.39, 0.29) is 12.6 Å². The van der Waals surface area contributed by atoms with Crippen LogP contribution in [0.1, 0.15) is 31.9 Å². The first-order valence-corrected chi connectivity index (χ1v) is 5.49. The zero-order valence-electron chi connectivity index (χ0n) is 9.07. The Morgan fingerprint density at radius 2 is 2.27 bits per heavy atom. The van der Waals surface area contributed by atoms with Crippen molar-refractivity contribution in [2.24, 2.45) is 0 Å². The number of aromatic nitrogens is 1. The van der Waals surface area contributed by atoms with Gasteiger partial charge in [-0.15, -0.1) is 0 Å². The molecular formula is C11H17ClN2O. The molecule has 84 valence electrons. The zero-order valence-corrected chi connectivity index (χ0v) is 9.83. The summed E-state index contributed by atoms with van der Waals surface area (Å²) in [5.74, 6) is 0. The molecular weight excluding hydrogens is 212 g/mol. The van der Waals surface area contributed by atoms with Crippen molar-refractivity contribution in [3.63, 3.8) is 0 Å². The number of nitrogens with one attached hydrogen (secondary N) is 1. The Kier molecular flexibility index (Phi) is 5.02. The molecule has 0 amide bonds. The van der Waals surface area contributed by atoms with Gasteiger partial charge in [0.25, 0.3) is 0 Å². The highest BCUT2D eigenvalue weighted by Crippen LogP contribution is 2.19. The largest absolute Gasteiger partial charge is 0.396 e. The van der Waals surface area contributed by atoms with Crippen molar-refractivity contribution in [1.29, 1.82) is 0 Å². The normalized spacial score (nSPS) is 13.1. The SMILES string of the molecule is CC(C)N[C@@H](CCO)c1ccnc(Cl)c1. The van der Waals surface area contributed by atoms with Gasteiger partial charge >= 0.3 is 0 Å². The van der Waals surface area contributed by atoms with Gasteiger partial charge in [-0.25, -0.2) is 4.98 Å². The topological polar surface area (TPSA) is 45.1 Å². The summed E-state index contributed by atoms with van der Waals surface area (Å²) in [6.07, 6.45) is 2.36. The second-order valence-corrected chi connectivity index (χ2v) is 4.19. The molecule has 1 heterocycles. The van der Waals surface area contributed by atoms with Gasteiger partial charge in [0.1, 0.15) is 5.15 Å². The van der Waals surface area contributed by atoms with Crippen molar-refractivity contribution in [1.82, 2.24) is 10.3 Å². The van der Waals surface area contributed by atoms with E-state index in [0.29, 0.717) is 17.6 Å². The van der Waals surface area contributed by atoms with Gasteiger partial charge in [-0.1, -0.05) is 25.4 Å². The summed E-state index contributed by atoms with van der Waals surface area (Å²) in [5, 5.41) is 12.9. The fourth-order valence-electron chi connectivity index (χ4n) is 1.51. The Morgan fingerprint density at radius 1 is 1.53 bits per heavy atom. The number of rotatable bonds is 5. The van der Waals surface area contributed by atoms with E-state index in [1.54, 1.807) is 6.20 Å². The van der Waals surface area contributed by atoms with Crippen molar-refractivity contribution < 1.29 is 5.11 Å². The minimum absolute atomic E-state index is 0.135. The molecule has 1 rings (SSSR count). The molecule has 1 aromatic rings. The quantitative estimate of drug-likeness (QED) is 0.760. The third-order valence-electron chi connectivity index (χ3n) is 2.11. The van der Waals surface area contributed by atoms with E-state index in [0.717, 1.165) is 5.56 Å². The molecule has 0 aliphatic heterocycles. The number of halogens is 1. The summed E-state index contributed by atoms with van der Waals surface area (Å²) < 4.78 is 0. The fraction of sp³-hybridized carbons (Fsp3) is 0.545. The third kappa shape index (κ3) is 4.16. The number of aliphatic hydroxyl groups excluding tert-OH is 1. The Bertz CT molecular complexity index is 304. The highest BCUT2D eigenvalue weighted by Gasteiger charge is 2.12. The minimum Gasteiger partial charge on any atom is -0.396 e. The number of hydrogen-bond acceptors (Lipinski definition) is 3. The van der Waals surface area contributed by atoms with Crippen LogP contribution in [0.4, 0.5) is 0 Å². The molecule has 0 aliphatic carbocycles. The molecule has 1 aromatic heterocycles. The van der Waals surface area contributed by atoms with Crippen LogP contribution >= 0.6 is 11.6 Å². The molecule has 4 heteroatoms. The molecule has 3 nitrogen and oxygen atoms in total. The number of hydrogen-bond donors (Lipinski definition) is 2. The first-order chi connectivity index (χ1) is 7.13. The lowest BCUT2D eigenvalue weighted by Crippen LogP contribution is -2.28. The van der Waals surface area contributed by atoms with Crippen LogP contribution in [0.2, 0.25) is 5.15 Å². The molecule has 0 aliphatic rings. The first-order valence-electron chi connectivity index (χ1n) is 5.12. The molecule has 0 saturated heterocycles. The van der Waals surface area contributed by atoms with Gasteiger partial charge in [0.2, 0.25) is 0 Å². The minimum atomic E-state index is 0.135. The summed E-state index contributed by atoms with van der Waals surface area (Å²) in [7, 11) is 0. The van der Waals surface area contributed by atoms with Gasteiger partial charge in [-0.05, 0) is 24.1 Å². The molecule has 15 heavy (non-hydrogen) atoms. The first kappa shape index (κ1) is 12.4. The summed E-state index contributed by atoms with van der Waals surface area (Å²) in [5.41, 5.74) is 1.07. The van der Waals surface area contributed by atoms with Crippen LogP contribution in [0, 0.1) is 0 Å². The predicted molar refractivity (Wildman–Crippen MR) is 62.0 cm³/mol. The van der Waals surface area contributed by atoms with E-state index in [1.807, 2.05) is 12.1 Å². The summed E-state index contributed by atoms with van der Waals surface area (Å²) in [6, 6.07) is 4.25. The standard InChI is InChI=1S/C11H17ClN2O/c1-8(2)14-10(4-6-15)9-3-5-13-11(12)7-9/h3,5,7-8,10,14-15H,4,6H2,1-2H3/t10-/m0/s1. The number of aliphatic hydroxyl groups is 1. The van der Waals surface area contributed by atoms with E-state index in [4.69, 9.17) is 16.7 Å². The second kappa shape index (κ2) is 6.05. The lowest BCUT2D eigenvalue weighted by Gasteiger charge is -2.20. The molecule has 1 atom stereocenters. The summed E-state index contributed by atoms with van der Waals surface area (Å²) in [4.78, 5) is 3.94. The average molecular weight is 229 g/mol. The summed E-state index contributed by atoms with van der Waals surface area (Å²) in [6.45, 7) is 4.31. The molecule has 0 bridgehead atoms. The van der Waals surface area contributed by atoms with E-state index >= 15 is 0 Å². The Hall–Kier alpha value is -0.640. The Labute approximate surface area is 95.5 Å². The van der Waals surface area contributed by atoms with Crippen LogP contribution in [0.3, 0.4) is 0 Å². The van der Waals surface area contributed by atoms with Crippen LogP contribution in [-0.2, 0) is 0 Å². The lowest BCUT2D eigenvalue weighted by atomic mass is 10.0. The summed E-state index contributed by atoms with van der Waals surface area (Å²) >= 11 is 5.82. The van der Waals surface area contributed by atoms with Gasteiger partial charge in [0, 0.05) is 24.9 Å². The molecule has 0 aromatic carbocycles. The molecule has 0 unspecified atom stereocenters. The second-order valence-electron chi connectivity index (χ2n) is 3.80. The van der Waals surface area contributed by atoms with E-state index in [9.17, 15) is 0 Å². The van der Waals surface area contributed by atoms with Gasteiger partial charge in [0.15, 0.2) is 0 Å².